The van der Waals surface area contributed by atoms with Gasteiger partial charge in [0.05, 0.1) is 44.7 Å². The van der Waals surface area contributed by atoms with Crippen LogP contribution in [-0.4, -0.2) is 109 Å². The molecule has 0 saturated carbocycles. The number of morpholine rings is 2. The Morgan fingerprint density at radius 1 is 1.23 bits per heavy atom. The zero-order chi connectivity index (χ0) is 28.7. The van der Waals surface area contributed by atoms with Crippen molar-refractivity contribution in [3.05, 3.63) is 47.7 Å². The molecule has 2 aromatic rings. The van der Waals surface area contributed by atoms with Gasteiger partial charge in [0.25, 0.3) is 5.91 Å². The third kappa shape index (κ3) is 7.21. The normalized spacial score (nSPS) is 19.6. The predicted molar refractivity (Wildman–Crippen MR) is 145 cm³/mol. The average molecular weight is 554 g/mol. The second-order valence-corrected chi connectivity index (χ2v) is 10.4. The van der Waals surface area contributed by atoms with Crippen molar-refractivity contribution in [1.82, 2.24) is 15.1 Å². The van der Waals surface area contributed by atoms with Crippen LogP contribution in [0.3, 0.4) is 0 Å². The number of rotatable bonds is 9. The molecule has 4 rings (SSSR count). The van der Waals surface area contributed by atoms with Crippen molar-refractivity contribution in [3.63, 3.8) is 0 Å². The average Bonchev–Trinajstić information content (AvgIpc) is 3.37. The van der Waals surface area contributed by atoms with Crippen LogP contribution >= 0.6 is 0 Å². The van der Waals surface area contributed by atoms with E-state index >= 15 is 0 Å². The molecule has 40 heavy (non-hydrogen) atoms. The number of hydrogen-bond donors (Lipinski definition) is 3. The van der Waals surface area contributed by atoms with Crippen LogP contribution in [0.15, 0.2) is 46.6 Å². The largest absolute Gasteiger partial charge is 0.475 e. The zero-order valence-corrected chi connectivity index (χ0v) is 22.7. The van der Waals surface area contributed by atoms with Crippen LogP contribution in [0.1, 0.15) is 19.4 Å². The van der Waals surface area contributed by atoms with E-state index in [4.69, 9.17) is 18.6 Å². The summed E-state index contributed by atoms with van der Waals surface area (Å²) in [7, 11) is -1.85. The summed E-state index contributed by atoms with van der Waals surface area (Å²) in [4.78, 5) is 29.7. The molecular formula is C27H35BN4O8. The number of furan rings is 1. The van der Waals surface area contributed by atoms with Crippen LogP contribution in [0, 0.1) is 11.3 Å². The van der Waals surface area contributed by atoms with Gasteiger partial charge in [-0.3, -0.25) is 9.69 Å². The van der Waals surface area contributed by atoms with Gasteiger partial charge in [0.15, 0.2) is 0 Å². The first-order chi connectivity index (χ1) is 19.2. The van der Waals surface area contributed by atoms with Crippen molar-refractivity contribution in [3.8, 4) is 6.07 Å². The molecule has 2 aliphatic heterocycles. The second-order valence-electron chi connectivity index (χ2n) is 10.4. The summed E-state index contributed by atoms with van der Waals surface area (Å²) in [5.74, 6) is -1.53. The molecule has 2 aliphatic rings. The van der Waals surface area contributed by atoms with Crippen molar-refractivity contribution < 1.29 is 38.3 Å². The monoisotopic (exact) mass is 554 g/mol. The molecule has 0 spiro atoms. The van der Waals surface area contributed by atoms with Crippen LogP contribution in [-0.2, 0) is 25.4 Å². The van der Waals surface area contributed by atoms with E-state index in [2.05, 4.69) is 10.2 Å². The lowest BCUT2D eigenvalue weighted by Crippen LogP contribution is -2.53. The van der Waals surface area contributed by atoms with Crippen LogP contribution in [0.4, 0.5) is 4.79 Å². The van der Waals surface area contributed by atoms with E-state index in [1.54, 1.807) is 12.1 Å². The summed E-state index contributed by atoms with van der Waals surface area (Å²) < 4.78 is 21.8. The maximum absolute atomic E-state index is 13.4. The van der Waals surface area contributed by atoms with Gasteiger partial charge in [0, 0.05) is 30.6 Å². The number of nitrogens with zero attached hydrogens (tertiary/aromatic N) is 3. The lowest BCUT2D eigenvalue weighted by atomic mass is 9.76. The highest BCUT2D eigenvalue weighted by Crippen LogP contribution is 2.23. The van der Waals surface area contributed by atoms with E-state index in [9.17, 15) is 24.9 Å². The first-order valence-corrected chi connectivity index (χ1v) is 13.3. The minimum absolute atomic E-state index is 0.00338. The summed E-state index contributed by atoms with van der Waals surface area (Å²) in [6, 6.07) is 8.72. The molecule has 2 saturated heterocycles. The van der Waals surface area contributed by atoms with Gasteiger partial charge in [-0.05, 0) is 38.0 Å². The third-order valence-electron chi connectivity index (χ3n) is 7.23. The quantitative estimate of drug-likeness (QED) is 0.231. The number of amides is 2. The maximum atomic E-state index is 13.4. The number of ether oxygens (including phenoxy) is 3. The van der Waals surface area contributed by atoms with Gasteiger partial charge in [-0.25, -0.2) is 4.79 Å². The van der Waals surface area contributed by atoms with Crippen molar-refractivity contribution in [2.24, 2.45) is 0 Å². The number of alkyl carbamates (subject to hydrolysis) is 1. The number of fused-ring (bicyclic) bond motifs is 1. The maximum Gasteiger partial charge on any atom is 0.475 e. The van der Waals surface area contributed by atoms with Crippen LogP contribution < -0.4 is 5.32 Å². The molecule has 13 heteroatoms. The van der Waals surface area contributed by atoms with Crippen LogP contribution in [0.5, 0.6) is 0 Å². The lowest BCUT2D eigenvalue weighted by molar-refractivity contribution is -0.137. The molecule has 3 N–H and O–H groups in total. The molecule has 0 radical (unpaired) electrons. The highest BCUT2D eigenvalue weighted by molar-refractivity contribution is 6.43. The third-order valence-corrected chi connectivity index (χ3v) is 7.23. The molecule has 2 amide bonds. The summed E-state index contributed by atoms with van der Waals surface area (Å²) in [5.41, 5.74) is 0.807. The molecule has 3 heterocycles. The number of para-hydroxylation sites is 1. The molecule has 1 aromatic heterocycles. The van der Waals surface area contributed by atoms with Gasteiger partial charge in [0.1, 0.15) is 23.8 Å². The Bertz CT molecular complexity index is 1250. The Labute approximate surface area is 233 Å². The van der Waals surface area contributed by atoms with Gasteiger partial charge >= 0.3 is 13.2 Å². The first kappa shape index (κ1) is 29.6. The van der Waals surface area contributed by atoms with Crippen LogP contribution in [0.25, 0.3) is 11.0 Å². The summed E-state index contributed by atoms with van der Waals surface area (Å²) >= 11 is 0. The van der Waals surface area contributed by atoms with E-state index in [1.165, 1.54) is 11.2 Å². The highest BCUT2D eigenvalue weighted by Gasteiger charge is 2.34. The first-order valence-electron chi connectivity index (χ1n) is 13.3. The summed E-state index contributed by atoms with van der Waals surface area (Å²) in [6.45, 7) is 6.91. The van der Waals surface area contributed by atoms with E-state index < -0.39 is 36.6 Å². The van der Waals surface area contributed by atoms with E-state index in [0.717, 1.165) is 5.39 Å². The summed E-state index contributed by atoms with van der Waals surface area (Å²) in [6.07, 6.45) is 2.40. The number of carbonyl (C=O) groups excluding carboxylic acids is 2. The number of hydrogen-bond acceptors (Lipinski definition) is 10. The fraction of sp³-hybridized carbons (Fsp3) is 0.519. The smallest absolute Gasteiger partial charge is 0.464 e. The highest BCUT2D eigenvalue weighted by atomic mass is 16.6. The minimum Gasteiger partial charge on any atom is -0.464 e. The van der Waals surface area contributed by atoms with Gasteiger partial charge < -0.3 is 38.9 Å². The fourth-order valence-corrected chi connectivity index (χ4v) is 4.96. The van der Waals surface area contributed by atoms with Gasteiger partial charge in [0.2, 0.25) is 0 Å². The van der Waals surface area contributed by atoms with Crippen LogP contribution in [0.2, 0.25) is 0 Å². The number of carbonyl (C=O) groups is 2. The topological polar surface area (TPSA) is 158 Å². The number of benzene rings is 1. The van der Waals surface area contributed by atoms with E-state index in [-0.39, 0.29) is 38.4 Å². The standard InChI is InChI=1S/C27H35BN4O8/c1-27(2,31-7-10-37-11-8-31)14-20(15-29)25(33)32-9-12-38-17-21(32)18-40-26(34)30-24(28(35)36)13-19-16-39-23-6-4-3-5-22(19)23/h3-6,14,16,21,24,35-36H,7-13,17-18H2,1-2H3,(H,30,34)/t21?,24-/m0/s1. The van der Waals surface area contributed by atoms with Crippen molar-refractivity contribution in [1.29, 1.82) is 5.26 Å². The molecule has 12 nitrogen and oxygen atoms in total. The molecule has 1 aromatic carbocycles. The Hall–Kier alpha value is -3.41. The lowest BCUT2D eigenvalue weighted by Gasteiger charge is -2.39. The SMILES string of the molecule is CC(C)(C=C(C#N)C(=O)N1CCOCC1COC(=O)N[C@@H](Cc1coc2ccccc12)B(O)O)N1CCOCC1. The van der Waals surface area contributed by atoms with E-state index in [0.29, 0.717) is 37.4 Å². The molecule has 2 atom stereocenters. The molecular weight excluding hydrogens is 519 g/mol. The zero-order valence-electron chi connectivity index (χ0n) is 22.7. The number of nitriles is 1. The summed E-state index contributed by atoms with van der Waals surface area (Å²) in [5, 5.41) is 32.9. The second kappa shape index (κ2) is 13.3. The van der Waals surface area contributed by atoms with E-state index in [1.807, 2.05) is 38.1 Å². The molecule has 0 aliphatic carbocycles. The van der Waals surface area contributed by atoms with Gasteiger partial charge in [-0.15, -0.1) is 0 Å². The van der Waals surface area contributed by atoms with Crippen molar-refractivity contribution in [2.75, 3.05) is 52.7 Å². The molecule has 214 valence electrons. The Kier molecular flexibility index (Phi) is 9.83. The Morgan fingerprint density at radius 3 is 2.67 bits per heavy atom. The van der Waals surface area contributed by atoms with Crippen molar-refractivity contribution in [2.45, 2.75) is 37.8 Å². The predicted octanol–water partition coefficient (Wildman–Crippen LogP) is 0.870. The molecule has 0 bridgehead atoms. The molecule has 1 unspecified atom stereocenters. The van der Waals surface area contributed by atoms with Gasteiger partial charge in [-0.1, -0.05) is 18.2 Å². The number of nitrogens with one attached hydrogen (secondary N) is 1. The Morgan fingerprint density at radius 2 is 1.95 bits per heavy atom. The fourth-order valence-electron chi connectivity index (χ4n) is 4.96. The van der Waals surface area contributed by atoms with Crippen molar-refractivity contribution >= 4 is 30.1 Å². The van der Waals surface area contributed by atoms with Gasteiger partial charge in [-0.2, -0.15) is 5.26 Å². The Balaban J connectivity index is 1.37. The minimum atomic E-state index is -1.85. The molecule has 2 fully saturated rings.